The smallest absolute Gasteiger partial charge is 0.241 e. The van der Waals surface area contributed by atoms with Crippen LogP contribution in [0.3, 0.4) is 0 Å². The molecule has 3 rings (SSSR count). The highest BCUT2D eigenvalue weighted by atomic mass is 127. The van der Waals surface area contributed by atoms with Crippen molar-refractivity contribution in [3.8, 4) is 0 Å². The Kier molecular flexibility index (Phi) is 10.7. The molecule has 2 saturated heterocycles. The number of amides is 1. The van der Waals surface area contributed by atoms with Crippen LogP contribution in [0.1, 0.15) is 30.9 Å². The van der Waals surface area contributed by atoms with E-state index in [1.165, 1.54) is 11.1 Å². The summed E-state index contributed by atoms with van der Waals surface area (Å²) in [4.78, 5) is 21.3. The number of carbonyl (C=O) groups is 1. The molecule has 0 bridgehead atoms. The van der Waals surface area contributed by atoms with Gasteiger partial charge in [-0.3, -0.25) is 9.69 Å². The van der Waals surface area contributed by atoms with Crippen LogP contribution in [0.2, 0.25) is 0 Å². The van der Waals surface area contributed by atoms with Gasteiger partial charge in [0.05, 0.1) is 26.3 Å². The summed E-state index contributed by atoms with van der Waals surface area (Å²) in [6, 6.07) is 8.46. The number of hydrogen-bond acceptors (Lipinski definition) is 4. The molecule has 0 unspecified atom stereocenters. The third-order valence-corrected chi connectivity index (χ3v) is 5.23. The number of aliphatic imine (C=N–C) groups is 1. The number of nitrogens with zero attached hydrogens (tertiary/aromatic N) is 3. The number of guanidine groups is 1. The molecule has 1 aromatic carbocycles. The topological polar surface area (TPSA) is 69.2 Å². The number of ether oxygens (including phenoxy) is 1. The Bertz CT molecular complexity index is 658. The van der Waals surface area contributed by atoms with E-state index in [0.29, 0.717) is 19.0 Å². The van der Waals surface area contributed by atoms with Crippen LogP contribution in [0, 0.1) is 0 Å². The average molecular weight is 515 g/mol. The summed E-state index contributed by atoms with van der Waals surface area (Å²) in [5, 5.41) is 6.43. The van der Waals surface area contributed by atoms with Gasteiger partial charge in [0.1, 0.15) is 0 Å². The van der Waals surface area contributed by atoms with Crippen molar-refractivity contribution in [2.45, 2.75) is 32.9 Å². The van der Waals surface area contributed by atoms with Gasteiger partial charge in [0.2, 0.25) is 5.91 Å². The van der Waals surface area contributed by atoms with E-state index < -0.39 is 0 Å². The van der Waals surface area contributed by atoms with Crippen molar-refractivity contribution in [2.75, 3.05) is 52.5 Å². The van der Waals surface area contributed by atoms with Gasteiger partial charge < -0.3 is 20.3 Å². The molecule has 0 aliphatic carbocycles. The number of benzene rings is 1. The van der Waals surface area contributed by atoms with Crippen molar-refractivity contribution >= 4 is 35.8 Å². The summed E-state index contributed by atoms with van der Waals surface area (Å²) >= 11 is 0. The number of likely N-dealkylation sites (tertiary alicyclic amines) is 1. The van der Waals surface area contributed by atoms with Crippen LogP contribution in [-0.4, -0.2) is 74.1 Å². The Balaban J connectivity index is 0.00000300. The monoisotopic (exact) mass is 515 g/mol. The predicted molar refractivity (Wildman–Crippen MR) is 127 cm³/mol. The molecular formula is C21H34IN5O2. The largest absolute Gasteiger partial charge is 0.379 e. The Morgan fingerprint density at radius 3 is 2.45 bits per heavy atom. The van der Waals surface area contributed by atoms with Crippen molar-refractivity contribution in [2.24, 2.45) is 4.99 Å². The predicted octanol–water partition coefficient (Wildman–Crippen LogP) is 1.81. The normalized spacial score (nSPS) is 17.7. The maximum Gasteiger partial charge on any atom is 0.241 e. The molecule has 2 aliphatic rings. The van der Waals surface area contributed by atoms with E-state index in [-0.39, 0.29) is 29.9 Å². The summed E-state index contributed by atoms with van der Waals surface area (Å²) < 4.78 is 5.45. The van der Waals surface area contributed by atoms with E-state index in [1.807, 2.05) is 11.8 Å². The van der Waals surface area contributed by atoms with Gasteiger partial charge in [0.15, 0.2) is 5.96 Å². The lowest BCUT2D eigenvalue weighted by Crippen LogP contribution is -2.44. The fourth-order valence-electron chi connectivity index (χ4n) is 3.61. The molecule has 0 spiro atoms. The summed E-state index contributed by atoms with van der Waals surface area (Å²) in [6.45, 7) is 9.92. The standard InChI is InChI=1S/C21H33N5O2.HI/c1-2-22-21(24-16-20(27)26-9-5-6-10-26)23-15-18-7-3-4-8-19(18)17-25-11-13-28-14-12-25;/h3-4,7-8H,2,5-6,9-17H2,1H3,(H2,22,23,24);1H. The second kappa shape index (κ2) is 13.0. The summed E-state index contributed by atoms with van der Waals surface area (Å²) in [5.41, 5.74) is 2.52. The van der Waals surface area contributed by atoms with Crippen LogP contribution in [0.25, 0.3) is 0 Å². The van der Waals surface area contributed by atoms with E-state index in [1.54, 1.807) is 0 Å². The van der Waals surface area contributed by atoms with Gasteiger partial charge >= 0.3 is 0 Å². The quantitative estimate of drug-likeness (QED) is 0.330. The third-order valence-electron chi connectivity index (χ3n) is 5.23. The first-order valence-electron chi connectivity index (χ1n) is 10.4. The lowest BCUT2D eigenvalue weighted by Gasteiger charge is -2.27. The van der Waals surface area contributed by atoms with Gasteiger partial charge in [-0.2, -0.15) is 0 Å². The molecular weight excluding hydrogens is 481 g/mol. The Labute approximate surface area is 191 Å². The van der Waals surface area contributed by atoms with Gasteiger partial charge in [-0.1, -0.05) is 24.3 Å². The molecule has 1 aromatic rings. The number of carbonyl (C=O) groups excluding carboxylic acids is 1. The van der Waals surface area contributed by atoms with Crippen LogP contribution < -0.4 is 10.6 Å². The minimum absolute atomic E-state index is 0. The van der Waals surface area contributed by atoms with Crippen LogP contribution in [0.4, 0.5) is 0 Å². The second-order valence-corrected chi connectivity index (χ2v) is 7.29. The average Bonchev–Trinajstić information content (AvgIpc) is 3.27. The molecule has 8 heteroatoms. The summed E-state index contributed by atoms with van der Waals surface area (Å²) in [7, 11) is 0. The van der Waals surface area contributed by atoms with E-state index >= 15 is 0 Å². The number of hydrogen-bond donors (Lipinski definition) is 2. The zero-order valence-electron chi connectivity index (χ0n) is 17.4. The van der Waals surface area contributed by atoms with E-state index in [0.717, 1.165) is 65.3 Å². The maximum absolute atomic E-state index is 12.3. The van der Waals surface area contributed by atoms with Crippen LogP contribution in [-0.2, 0) is 22.6 Å². The minimum atomic E-state index is 0. The van der Waals surface area contributed by atoms with Crippen molar-refractivity contribution in [1.82, 2.24) is 20.4 Å². The van der Waals surface area contributed by atoms with Gasteiger partial charge in [0, 0.05) is 39.3 Å². The fraction of sp³-hybridized carbons (Fsp3) is 0.619. The molecule has 0 saturated carbocycles. The lowest BCUT2D eigenvalue weighted by molar-refractivity contribution is -0.128. The van der Waals surface area contributed by atoms with Crippen LogP contribution in [0.5, 0.6) is 0 Å². The van der Waals surface area contributed by atoms with Crippen molar-refractivity contribution in [3.05, 3.63) is 35.4 Å². The minimum Gasteiger partial charge on any atom is -0.379 e. The molecule has 1 amide bonds. The number of nitrogens with one attached hydrogen (secondary N) is 2. The van der Waals surface area contributed by atoms with Gasteiger partial charge in [0.25, 0.3) is 0 Å². The van der Waals surface area contributed by atoms with Crippen molar-refractivity contribution in [1.29, 1.82) is 0 Å². The highest BCUT2D eigenvalue weighted by Crippen LogP contribution is 2.14. The van der Waals surface area contributed by atoms with E-state index in [4.69, 9.17) is 9.73 Å². The first-order valence-corrected chi connectivity index (χ1v) is 10.4. The molecule has 7 nitrogen and oxygen atoms in total. The SMILES string of the molecule is CCNC(=NCc1ccccc1CN1CCOCC1)NCC(=O)N1CCCC1.I. The van der Waals surface area contributed by atoms with Gasteiger partial charge in [-0.15, -0.1) is 24.0 Å². The zero-order valence-corrected chi connectivity index (χ0v) is 19.7. The molecule has 2 N–H and O–H groups in total. The molecule has 2 aliphatic heterocycles. The lowest BCUT2D eigenvalue weighted by atomic mass is 10.1. The van der Waals surface area contributed by atoms with E-state index in [2.05, 4.69) is 39.8 Å². The Morgan fingerprint density at radius 2 is 1.76 bits per heavy atom. The van der Waals surface area contributed by atoms with Gasteiger partial charge in [-0.05, 0) is 30.9 Å². The molecule has 0 atom stereocenters. The fourth-order valence-corrected chi connectivity index (χ4v) is 3.61. The first kappa shape index (κ1) is 23.9. The highest BCUT2D eigenvalue weighted by molar-refractivity contribution is 14.0. The maximum atomic E-state index is 12.3. The molecule has 162 valence electrons. The Hall–Kier alpha value is -1.39. The number of halogens is 1. The summed E-state index contributed by atoms with van der Waals surface area (Å²) in [6.07, 6.45) is 2.22. The zero-order chi connectivity index (χ0) is 19.6. The Morgan fingerprint density at radius 1 is 1.07 bits per heavy atom. The van der Waals surface area contributed by atoms with Crippen molar-refractivity contribution < 1.29 is 9.53 Å². The van der Waals surface area contributed by atoms with Crippen LogP contribution >= 0.6 is 24.0 Å². The summed E-state index contributed by atoms with van der Waals surface area (Å²) in [5.74, 6) is 0.840. The second-order valence-electron chi connectivity index (χ2n) is 7.29. The highest BCUT2D eigenvalue weighted by Gasteiger charge is 2.18. The number of morpholine rings is 1. The molecule has 2 fully saturated rings. The van der Waals surface area contributed by atoms with Gasteiger partial charge in [-0.25, -0.2) is 4.99 Å². The molecule has 29 heavy (non-hydrogen) atoms. The first-order chi connectivity index (χ1) is 13.8. The molecule has 0 aromatic heterocycles. The molecule has 2 heterocycles. The third kappa shape index (κ3) is 7.75. The van der Waals surface area contributed by atoms with E-state index in [9.17, 15) is 4.79 Å². The molecule has 0 radical (unpaired) electrons. The van der Waals surface area contributed by atoms with Crippen LogP contribution in [0.15, 0.2) is 29.3 Å². The van der Waals surface area contributed by atoms with Crippen molar-refractivity contribution in [3.63, 3.8) is 0 Å². The number of rotatable bonds is 7.